The maximum absolute atomic E-state index is 15.1. The number of ether oxygens (including phenoxy) is 1. The number of carboxylic acids is 1. The summed E-state index contributed by atoms with van der Waals surface area (Å²) in [6, 6.07) is 0.864. The molecule has 1 saturated heterocycles. The third-order valence-corrected chi connectivity index (χ3v) is 5.53. The van der Waals surface area contributed by atoms with Crippen molar-refractivity contribution in [1.29, 1.82) is 0 Å². The number of likely N-dealkylation sites (N-methyl/N-ethyl adjacent to an activating group) is 1. The molecule has 2 atom stereocenters. The van der Waals surface area contributed by atoms with Gasteiger partial charge in [-0.25, -0.2) is 9.18 Å². The summed E-state index contributed by atoms with van der Waals surface area (Å²) in [6.07, 6.45) is 1.76. The Kier molecular flexibility index (Phi) is 4.31. The van der Waals surface area contributed by atoms with Gasteiger partial charge in [0.15, 0.2) is 11.6 Å². The van der Waals surface area contributed by atoms with Crippen LogP contribution in [0.1, 0.15) is 29.7 Å². The zero-order chi connectivity index (χ0) is 20.2. The molecule has 1 fully saturated rings. The molecule has 1 aromatic heterocycles. The number of hydrogen-bond acceptors (Lipinski definition) is 6. The van der Waals surface area contributed by atoms with Gasteiger partial charge in [0.2, 0.25) is 5.43 Å². The molecule has 0 aliphatic carbocycles. The van der Waals surface area contributed by atoms with Crippen molar-refractivity contribution >= 4 is 22.6 Å². The first-order valence-electron chi connectivity index (χ1n) is 9.15. The van der Waals surface area contributed by atoms with Crippen LogP contribution in [-0.2, 0) is 0 Å². The Morgan fingerprint density at radius 2 is 2.25 bits per heavy atom. The average molecular weight is 391 g/mol. The number of benzene rings is 1. The molecule has 3 heterocycles. The molecule has 9 heteroatoms. The van der Waals surface area contributed by atoms with Gasteiger partial charge in [0, 0.05) is 25.8 Å². The zero-order valence-corrected chi connectivity index (χ0v) is 15.7. The fraction of sp³-hybridized carbons (Fsp3) is 0.474. The van der Waals surface area contributed by atoms with E-state index in [1.165, 1.54) is 6.20 Å². The largest absolute Gasteiger partial charge is 0.487 e. The Labute approximate surface area is 160 Å². The van der Waals surface area contributed by atoms with Gasteiger partial charge >= 0.3 is 5.97 Å². The Hall–Kier alpha value is -2.65. The van der Waals surface area contributed by atoms with Crippen molar-refractivity contribution in [3.05, 3.63) is 33.9 Å². The standard InChI is InChI=1S/C19H22FN3O5/c1-10-7-28-17-14-11(16(24)12(18(25)26)6-23(10)14)5-13(20)15(17)22-4-3-19(27,9-22)8-21-2/h5-6,10,21,27H,3-4,7-9H2,1-2H3,(H,25,26). The predicted octanol–water partition coefficient (Wildman–Crippen LogP) is 0.953. The Morgan fingerprint density at radius 1 is 1.50 bits per heavy atom. The lowest BCUT2D eigenvalue weighted by Crippen LogP contribution is -2.42. The molecule has 0 bridgehead atoms. The molecular weight excluding hydrogens is 369 g/mol. The van der Waals surface area contributed by atoms with Gasteiger partial charge in [-0.2, -0.15) is 0 Å². The van der Waals surface area contributed by atoms with Crippen LogP contribution in [-0.4, -0.2) is 59.6 Å². The number of pyridine rings is 1. The second-order valence-corrected chi connectivity index (χ2v) is 7.60. The summed E-state index contributed by atoms with van der Waals surface area (Å²) in [6.45, 7) is 3.08. The van der Waals surface area contributed by atoms with E-state index in [0.29, 0.717) is 25.0 Å². The van der Waals surface area contributed by atoms with Gasteiger partial charge in [-0.3, -0.25) is 4.79 Å². The van der Waals surface area contributed by atoms with E-state index in [1.807, 2.05) is 6.92 Å². The number of nitrogens with zero attached hydrogens (tertiary/aromatic N) is 2. The molecule has 0 saturated carbocycles. The lowest BCUT2D eigenvalue weighted by Gasteiger charge is -2.31. The highest BCUT2D eigenvalue weighted by Crippen LogP contribution is 2.43. The number of halogens is 1. The highest BCUT2D eigenvalue weighted by molar-refractivity contribution is 5.97. The minimum atomic E-state index is -1.35. The number of β-amino-alcohol motifs (C(OH)–C–C–N with tert-alkyl or cyclic N) is 1. The third-order valence-electron chi connectivity index (χ3n) is 5.53. The van der Waals surface area contributed by atoms with Crippen LogP contribution in [0.15, 0.2) is 17.1 Å². The molecule has 28 heavy (non-hydrogen) atoms. The summed E-state index contributed by atoms with van der Waals surface area (Å²) in [5.74, 6) is -1.80. The molecule has 0 radical (unpaired) electrons. The normalized spacial score (nSPS) is 23.9. The molecule has 150 valence electrons. The summed E-state index contributed by atoms with van der Waals surface area (Å²) < 4.78 is 22.6. The van der Waals surface area contributed by atoms with Crippen molar-refractivity contribution in [2.24, 2.45) is 0 Å². The number of nitrogens with one attached hydrogen (secondary N) is 1. The van der Waals surface area contributed by atoms with Gasteiger partial charge in [-0.1, -0.05) is 0 Å². The van der Waals surface area contributed by atoms with Gasteiger partial charge in [-0.15, -0.1) is 0 Å². The number of aromatic carboxylic acids is 1. The number of aliphatic hydroxyl groups is 1. The number of aromatic nitrogens is 1. The van der Waals surface area contributed by atoms with Crippen LogP contribution in [0, 0.1) is 5.82 Å². The van der Waals surface area contributed by atoms with Crippen molar-refractivity contribution in [2.75, 3.05) is 38.2 Å². The summed E-state index contributed by atoms with van der Waals surface area (Å²) in [4.78, 5) is 25.8. The first-order chi connectivity index (χ1) is 13.3. The first-order valence-corrected chi connectivity index (χ1v) is 9.15. The molecule has 2 aliphatic heterocycles. The van der Waals surface area contributed by atoms with Gasteiger partial charge in [-0.05, 0) is 26.5 Å². The van der Waals surface area contributed by atoms with E-state index >= 15 is 4.39 Å². The molecule has 2 aliphatic rings. The van der Waals surface area contributed by atoms with Gasteiger partial charge in [0.05, 0.1) is 22.5 Å². The third kappa shape index (κ3) is 2.73. The van der Waals surface area contributed by atoms with Gasteiger partial charge in [0.1, 0.15) is 17.9 Å². The van der Waals surface area contributed by atoms with Crippen LogP contribution >= 0.6 is 0 Å². The van der Waals surface area contributed by atoms with Crippen LogP contribution in [0.3, 0.4) is 0 Å². The van der Waals surface area contributed by atoms with E-state index in [2.05, 4.69) is 5.32 Å². The Balaban J connectivity index is 1.94. The molecule has 2 unspecified atom stereocenters. The van der Waals surface area contributed by atoms with Crippen molar-refractivity contribution < 1.29 is 24.1 Å². The first kappa shape index (κ1) is 18.7. The summed E-state index contributed by atoms with van der Waals surface area (Å²) in [5, 5.41) is 22.9. The molecule has 4 rings (SSSR count). The van der Waals surface area contributed by atoms with E-state index in [9.17, 15) is 19.8 Å². The second kappa shape index (κ2) is 6.46. The summed E-state index contributed by atoms with van der Waals surface area (Å²) in [7, 11) is 1.74. The predicted molar refractivity (Wildman–Crippen MR) is 101 cm³/mol. The van der Waals surface area contributed by atoms with Crippen molar-refractivity contribution in [2.45, 2.75) is 25.0 Å². The molecule has 2 aromatic rings. The number of hydrogen-bond donors (Lipinski definition) is 3. The number of carbonyl (C=O) groups is 1. The molecule has 3 N–H and O–H groups in total. The van der Waals surface area contributed by atoms with E-state index < -0.39 is 28.4 Å². The molecule has 8 nitrogen and oxygen atoms in total. The maximum Gasteiger partial charge on any atom is 0.341 e. The van der Waals surface area contributed by atoms with Gasteiger partial charge in [0.25, 0.3) is 0 Å². The second-order valence-electron chi connectivity index (χ2n) is 7.60. The average Bonchev–Trinajstić information content (AvgIpc) is 3.01. The van der Waals surface area contributed by atoms with Crippen LogP contribution in [0.2, 0.25) is 0 Å². The van der Waals surface area contributed by atoms with E-state index in [1.54, 1.807) is 16.5 Å². The van der Waals surface area contributed by atoms with Crippen molar-refractivity contribution in [1.82, 2.24) is 9.88 Å². The minimum Gasteiger partial charge on any atom is -0.487 e. The van der Waals surface area contributed by atoms with Gasteiger partial charge < -0.3 is 29.7 Å². The minimum absolute atomic E-state index is 0.0209. The van der Waals surface area contributed by atoms with E-state index in [4.69, 9.17) is 4.74 Å². The van der Waals surface area contributed by atoms with Crippen LogP contribution in [0.5, 0.6) is 5.75 Å². The lowest BCUT2D eigenvalue weighted by molar-refractivity contribution is 0.0649. The molecule has 0 spiro atoms. The fourth-order valence-electron chi connectivity index (χ4n) is 4.18. The summed E-state index contributed by atoms with van der Waals surface area (Å²) in [5.41, 5.74) is -1.55. The molecule has 1 aromatic carbocycles. The quantitative estimate of drug-likeness (QED) is 0.713. The topological polar surface area (TPSA) is 104 Å². The van der Waals surface area contributed by atoms with E-state index in [-0.39, 0.29) is 36.0 Å². The number of anilines is 1. The van der Waals surface area contributed by atoms with Crippen LogP contribution in [0.4, 0.5) is 10.1 Å². The van der Waals surface area contributed by atoms with E-state index in [0.717, 1.165) is 6.07 Å². The monoisotopic (exact) mass is 391 g/mol. The smallest absolute Gasteiger partial charge is 0.341 e. The maximum atomic E-state index is 15.1. The summed E-state index contributed by atoms with van der Waals surface area (Å²) >= 11 is 0. The van der Waals surface area contributed by atoms with Crippen molar-refractivity contribution in [3.63, 3.8) is 0 Å². The van der Waals surface area contributed by atoms with Crippen LogP contribution in [0.25, 0.3) is 10.9 Å². The SMILES string of the molecule is CNCC1(O)CCN(c2c(F)cc3c(=O)c(C(=O)O)cn4c3c2OCC4C)C1. The highest BCUT2D eigenvalue weighted by Gasteiger charge is 2.39. The number of carboxylic acid groups (broad SMARTS) is 1. The Bertz CT molecular complexity index is 1040. The van der Waals surface area contributed by atoms with Crippen LogP contribution < -0.4 is 20.4 Å². The highest BCUT2D eigenvalue weighted by atomic mass is 19.1. The van der Waals surface area contributed by atoms with Crippen molar-refractivity contribution in [3.8, 4) is 5.75 Å². The Morgan fingerprint density at radius 3 is 2.93 bits per heavy atom. The number of rotatable bonds is 4. The lowest BCUT2D eigenvalue weighted by atomic mass is 10.0. The molecule has 0 amide bonds. The fourth-order valence-corrected chi connectivity index (χ4v) is 4.18. The molecular formula is C19H22FN3O5. The zero-order valence-electron chi connectivity index (χ0n) is 15.7.